The molecule has 3 heterocycles. The number of ether oxygens (including phenoxy) is 3. The Morgan fingerprint density at radius 3 is 2.37 bits per heavy atom. The molecule has 9 nitrogen and oxygen atoms in total. The zero-order valence-electron chi connectivity index (χ0n) is 19.6. The number of morpholine rings is 1. The highest BCUT2D eigenvalue weighted by Gasteiger charge is 2.31. The molecule has 35 heavy (non-hydrogen) atoms. The summed E-state index contributed by atoms with van der Waals surface area (Å²) >= 11 is 0. The molecule has 2 fully saturated rings. The zero-order chi connectivity index (χ0) is 24.3. The van der Waals surface area contributed by atoms with E-state index in [2.05, 4.69) is 10.2 Å². The predicted octanol–water partition coefficient (Wildman–Crippen LogP) is 2.87. The van der Waals surface area contributed by atoms with Gasteiger partial charge in [0.05, 0.1) is 29.5 Å². The van der Waals surface area contributed by atoms with Crippen LogP contribution < -0.4 is 19.7 Å². The molecule has 10 heteroatoms. The van der Waals surface area contributed by atoms with Crippen molar-refractivity contribution >= 4 is 27.3 Å². The lowest BCUT2D eigenvalue weighted by atomic mass is 10.2. The number of hydrogen-bond donors (Lipinski definition) is 1. The maximum Gasteiger partial charge on any atom is 0.269 e. The molecule has 0 radical (unpaired) electrons. The highest BCUT2D eigenvalue weighted by Crippen LogP contribution is 2.34. The van der Waals surface area contributed by atoms with Crippen molar-refractivity contribution in [2.45, 2.75) is 36.7 Å². The Kier molecular flexibility index (Phi) is 7.12. The van der Waals surface area contributed by atoms with Gasteiger partial charge in [0.15, 0.2) is 11.5 Å². The van der Waals surface area contributed by atoms with Crippen molar-refractivity contribution in [2.75, 3.05) is 56.2 Å². The molecule has 3 aliphatic rings. The molecule has 5 rings (SSSR count). The molecular weight excluding hydrogens is 470 g/mol. The Morgan fingerprint density at radius 1 is 0.914 bits per heavy atom. The second kappa shape index (κ2) is 10.4. The Bertz CT molecular complexity index is 1160. The van der Waals surface area contributed by atoms with Gasteiger partial charge in [0.25, 0.3) is 5.91 Å². The van der Waals surface area contributed by atoms with Crippen molar-refractivity contribution < 1.29 is 27.4 Å². The number of carbonyl (C=O) groups is 1. The Hall–Kier alpha value is -2.82. The number of nitrogens with zero attached hydrogens (tertiary/aromatic N) is 2. The van der Waals surface area contributed by atoms with Crippen LogP contribution in [-0.2, 0) is 19.6 Å². The summed E-state index contributed by atoms with van der Waals surface area (Å²) in [5, 5.41) is 2.95. The van der Waals surface area contributed by atoms with E-state index >= 15 is 0 Å². The number of hydrogen-bond acceptors (Lipinski definition) is 7. The van der Waals surface area contributed by atoms with E-state index in [0.29, 0.717) is 43.5 Å². The number of amides is 1. The van der Waals surface area contributed by atoms with Crippen molar-refractivity contribution in [3.8, 4) is 11.5 Å². The van der Waals surface area contributed by atoms with Crippen LogP contribution in [0, 0.1) is 0 Å². The molecule has 1 amide bonds. The fraction of sp³-hybridized carbons (Fsp3) is 0.480. The van der Waals surface area contributed by atoms with Crippen LogP contribution >= 0.6 is 0 Å². The fourth-order valence-electron chi connectivity index (χ4n) is 4.66. The molecule has 3 aliphatic heterocycles. The minimum Gasteiger partial charge on any atom is -0.485 e. The van der Waals surface area contributed by atoms with Crippen molar-refractivity contribution in [3.63, 3.8) is 0 Å². The van der Waals surface area contributed by atoms with Gasteiger partial charge in [-0.05, 0) is 43.2 Å². The van der Waals surface area contributed by atoms with Gasteiger partial charge < -0.3 is 24.4 Å². The fourth-order valence-corrected chi connectivity index (χ4v) is 6.10. The van der Waals surface area contributed by atoms with Crippen molar-refractivity contribution in [2.24, 2.45) is 0 Å². The molecule has 2 aromatic rings. The number of sulfonamides is 1. The molecule has 0 aliphatic carbocycles. The van der Waals surface area contributed by atoms with Gasteiger partial charge >= 0.3 is 0 Å². The summed E-state index contributed by atoms with van der Waals surface area (Å²) < 4.78 is 44.9. The number of nitrogens with one attached hydrogen (secondary N) is 1. The molecule has 1 unspecified atom stereocenters. The van der Waals surface area contributed by atoms with E-state index in [0.717, 1.165) is 44.5 Å². The second-order valence-corrected chi connectivity index (χ2v) is 10.9. The average Bonchev–Trinajstić information content (AvgIpc) is 3.18. The smallest absolute Gasteiger partial charge is 0.269 e. The second-order valence-electron chi connectivity index (χ2n) is 8.95. The summed E-state index contributed by atoms with van der Waals surface area (Å²) in [7, 11) is -3.71. The first kappa shape index (κ1) is 23.9. The summed E-state index contributed by atoms with van der Waals surface area (Å²) in [6.07, 6.45) is 3.58. The van der Waals surface area contributed by atoms with Crippen LogP contribution in [0.2, 0.25) is 0 Å². The molecule has 0 spiro atoms. The van der Waals surface area contributed by atoms with Crippen molar-refractivity contribution in [3.05, 3.63) is 42.5 Å². The standard InChI is InChI=1S/C25H31N3O6S/c29-25(24-18-33-22-7-3-4-8-23(22)34-24)26-20-17-19(35(30,31)28-13-15-32-16-14-28)9-10-21(20)27-11-5-1-2-6-12-27/h3-4,7-10,17,24H,1-2,5-6,11-16,18H2,(H,26,29). The first-order chi connectivity index (χ1) is 17.0. The summed E-state index contributed by atoms with van der Waals surface area (Å²) in [4.78, 5) is 15.6. The highest BCUT2D eigenvalue weighted by atomic mass is 32.2. The lowest BCUT2D eigenvalue weighted by Gasteiger charge is -2.29. The maximum atomic E-state index is 13.3. The van der Waals surface area contributed by atoms with E-state index < -0.39 is 16.1 Å². The van der Waals surface area contributed by atoms with Crippen LogP contribution in [0.25, 0.3) is 0 Å². The summed E-state index contributed by atoms with van der Waals surface area (Å²) in [6, 6.07) is 12.2. The number of rotatable bonds is 5. The van der Waals surface area contributed by atoms with E-state index in [1.54, 1.807) is 24.3 Å². The van der Waals surface area contributed by atoms with E-state index in [-0.39, 0.29) is 17.4 Å². The molecular formula is C25H31N3O6S. The molecule has 2 aromatic carbocycles. The van der Waals surface area contributed by atoms with Crippen LogP contribution in [0.15, 0.2) is 47.4 Å². The third-order valence-corrected chi connectivity index (χ3v) is 8.48. The average molecular weight is 502 g/mol. The minimum absolute atomic E-state index is 0.0770. The molecule has 1 N–H and O–H groups in total. The van der Waals surface area contributed by atoms with E-state index in [1.165, 1.54) is 4.31 Å². The first-order valence-electron chi connectivity index (χ1n) is 12.2. The summed E-state index contributed by atoms with van der Waals surface area (Å²) in [5.41, 5.74) is 1.28. The van der Waals surface area contributed by atoms with Crippen LogP contribution in [-0.4, -0.2) is 70.7 Å². The van der Waals surface area contributed by atoms with Crippen LogP contribution in [0.3, 0.4) is 0 Å². The highest BCUT2D eigenvalue weighted by molar-refractivity contribution is 7.89. The number of para-hydroxylation sites is 2. The summed E-state index contributed by atoms with van der Waals surface area (Å²) in [6.45, 7) is 3.15. The van der Waals surface area contributed by atoms with Gasteiger partial charge in [0.1, 0.15) is 6.61 Å². The van der Waals surface area contributed by atoms with E-state index in [4.69, 9.17) is 14.2 Å². The maximum absolute atomic E-state index is 13.3. The number of fused-ring (bicyclic) bond motifs is 1. The first-order valence-corrected chi connectivity index (χ1v) is 13.6. The number of anilines is 2. The molecule has 0 aromatic heterocycles. The Morgan fingerprint density at radius 2 is 1.63 bits per heavy atom. The molecule has 0 bridgehead atoms. The predicted molar refractivity (Wildman–Crippen MR) is 132 cm³/mol. The topological polar surface area (TPSA) is 97.4 Å². The van der Waals surface area contributed by atoms with Gasteiger partial charge in [0.2, 0.25) is 16.1 Å². The number of carbonyl (C=O) groups excluding carboxylic acids is 1. The van der Waals surface area contributed by atoms with Crippen LogP contribution in [0.1, 0.15) is 25.7 Å². The van der Waals surface area contributed by atoms with Crippen LogP contribution in [0.4, 0.5) is 11.4 Å². The SMILES string of the molecule is O=C(Nc1cc(S(=O)(=O)N2CCOCC2)ccc1N1CCCCCC1)C1COc2ccccc2O1. The largest absolute Gasteiger partial charge is 0.485 e. The Balaban J connectivity index is 1.43. The monoisotopic (exact) mass is 501 g/mol. The van der Waals surface area contributed by atoms with Gasteiger partial charge in [-0.3, -0.25) is 4.79 Å². The molecule has 188 valence electrons. The quantitative estimate of drug-likeness (QED) is 0.673. The van der Waals surface area contributed by atoms with E-state index in [1.807, 2.05) is 18.2 Å². The number of benzene rings is 2. The van der Waals surface area contributed by atoms with Crippen molar-refractivity contribution in [1.29, 1.82) is 0 Å². The third-order valence-electron chi connectivity index (χ3n) is 6.58. The molecule has 1 atom stereocenters. The summed E-state index contributed by atoms with van der Waals surface area (Å²) in [5.74, 6) is 0.729. The van der Waals surface area contributed by atoms with Gasteiger partial charge in [-0.2, -0.15) is 4.31 Å². The molecule has 2 saturated heterocycles. The zero-order valence-corrected chi connectivity index (χ0v) is 20.5. The van der Waals surface area contributed by atoms with Gasteiger partial charge in [-0.15, -0.1) is 0 Å². The third kappa shape index (κ3) is 5.24. The lowest BCUT2D eigenvalue weighted by Crippen LogP contribution is -2.41. The van der Waals surface area contributed by atoms with Gasteiger partial charge in [0, 0.05) is 26.2 Å². The minimum atomic E-state index is -3.71. The van der Waals surface area contributed by atoms with Gasteiger partial charge in [-0.1, -0.05) is 25.0 Å². The Labute approximate surface area is 206 Å². The normalized spacial score (nSPS) is 21.3. The molecule has 0 saturated carbocycles. The van der Waals surface area contributed by atoms with Gasteiger partial charge in [-0.25, -0.2) is 8.42 Å². The lowest BCUT2D eigenvalue weighted by molar-refractivity contribution is -0.125. The van der Waals surface area contributed by atoms with Crippen molar-refractivity contribution in [1.82, 2.24) is 4.31 Å². The van der Waals surface area contributed by atoms with Crippen LogP contribution in [0.5, 0.6) is 11.5 Å². The van der Waals surface area contributed by atoms with E-state index in [9.17, 15) is 13.2 Å².